The summed E-state index contributed by atoms with van der Waals surface area (Å²) >= 11 is 0. The number of esters is 1. The molecule has 24 heavy (non-hydrogen) atoms. The number of ether oxygens (including phenoxy) is 1. The standard InChI is InChI=1S/C20H38O4/c1-3-4-5-6-7-8-9-10-11-12-13-14-15-16-17-19(20(22)23)24-18(2)21/h19H,3-17H2,1-2H3,(H,22,23)/p-1. The lowest BCUT2D eigenvalue weighted by Crippen LogP contribution is -2.38. The first kappa shape index (κ1) is 22.9. The van der Waals surface area contributed by atoms with Gasteiger partial charge in [0.2, 0.25) is 0 Å². The highest BCUT2D eigenvalue weighted by molar-refractivity contribution is 5.75. The van der Waals surface area contributed by atoms with Crippen molar-refractivity contribution in [1.29, 1.82) is 0 Å². The Morgan fingerprint density at radius 2 is 1.12 bits per heavy atom. The van der Waals surface area contributed by atoms with E-state index in [0.717, 1.165) is 19.3 Å². The van der Waals surface area contributed by atoms with Crippen LogP contribution in [0.15, 0.2) is 0 Å². The number of hydrogen-bond donors (Lipinski definition) is 0. The Bertz CT molecular complexity index is 315. The third kappa shape index (κ3) is 15.8. The van der Waals surface area contributed by atoms with Crippen LogP contribution in [0.5, 0.6) is 0 Å². The predicted molar refractivity (Wildman–Crippen MR) is 95.5 cm³/mol. The monoisotopic (exact) mass is 341 g/mol. The Morgan fingerprint density at radius 1 is 0.750 bits per heavy atom. The van der Waals surface area contributed by atoms with Gasteiger partial charge in [-0.25, -0.2) is 0 Å². The topological polar surface area (TPSA) is 66.4 Å². The molecule has 0 aromatic rings. The summed E-state index contributed by atoms with van der Waals surface area (Å²) in [4.78, 5) is 21.6. The van der Waals surface area contributed by atoms with Gasteiger partial charge < -0.3 is 14.6 Å². The summed E-state index contributed by atoms with van der Waals surface area (Å²) in [6.45, 7) is 3.47. The van der Waals surface area contributed by atoms with Gasteiger partial charge >= 0.3 is 5.97 Å². The maximum Gasteiger partial charge on any atom is 0.303 e. The summed E-state index contributed by atoms with van der Waals surface area (Å²) in [5.41, 5.74) is 0. The number of aliphatic carboxylic acids is 1. The molecular formula is C20H37O4-. The Hall–Kier alpha value is -1.06. The number of hydrogen-bond acceptors (Lipinski definition) is 4. The van der Waals surface area contributed by atoms with E-state index in [9.17, 15) is 14.7 Å². The fraction of sp³-hybridized carbons (Fsp3) is 0.900. The summed E-state index contributed by atoms with van der Waals surface area (Å²) in [7, 11) is 0. The van der Waals surface area contributed by atoms with Crippen molar-refractivity contribution < 1.29 is 19.4 Å². The molecule has 4 heteroatoms. The van der Waals surface area contributed by atoms with Crippen molar-refractivity contribution in [2.45, 2.75) is 116 Å². The summed E-state index contributed by atoms with van der Waals surface area (Å²) < 4.78 is 4.72. The molecule has 0 fully saturated rings. The lowest BCUT2D eigenvalue weighted by Gasteiger charge is -2.17. The van der Waals surface area contributed by atoms with Crippen LogP contribution in [-0.4, -0.2) is 18.0 Å². The summed E-state index contributed by atoms with van der Waals surface area (Å²) in [6, 6.07) is 0. The highest BCUT2D eigenvalue weighted by Crippen LogP contribution is 2.14. The van der Waals surface area contributed by atoms with Crippen LogP contribution in [0.25, 0.3) is 0 Å². The molecule has 0 aromatic heterocycles. The van der Waals surface area contributed by atoms with E-state index in [1.54, 1.807) is 0 Å². The van der Waals surface area contributed by atoms with Crippen molar-refractivity contribution in [3.63, 3.8) is 0 Å². The molecular weight excluding hydrogens is 304 g/mol. The molecule has 0 aliphatic heterocycles. The van der Waals surface area contributed by atoms with Crippen molar-refractivity contribution in [1.82, 2.24) is 0 Å². The molecule has 1 atom stereocenters. The third-order valence-electron chi connectivity index (χ3n) is 4.39. The van der Waals surface area contributed by atoms with Crippen LogP contribution in [-0.2, 0) is 14.3 Å². The third-order valence-corrected chi connectivity index (χ3v) is 4.39. The lowest BCUT2D eigenvalue weighted by molar-refractivity contribution is -0.315. The molecule has 0 aliphatic carbocycles. The van der Waals surface area contributed by atoms with Crippen LogP contribution in [0.4, 0.5) is 0 Å². The molecule has 0 N–H and O–H groups in total. The van der Waals surface area contributed by atoms with Gasteiger partial charge in [-0.1, -0.05) is 90.4 Å². The zero-order chi connectivity index (χ0) is 18.0. The zero-order valence-corrected chi connectivity index (χ0v) is 15.8. The zero-order valence-electron chi connectivity index (χ0n) is 15.8. The van der Waals surface area contributed by atoms with Crippen LogP contribution in [0.3, 0.4) is 0 Å². The van der Waals surface area contributed by atoms with E-state index >= 15 is 0 Å². The number of carboxylic acids is 1. The maximum absolute atomic E-state index is 10.8. The average Bonchev–Trinajstić information content (AvgIpc) is 2.53. The fourth-order valence-corrected chi connectivity index (χ4v) is 2.95. The van der Waals surface area contributed by atoms with Gasteiger partial charge in [-0.3, -0.25) is 4.79 Å². The van der Waals surface area contributed by atoms with E-state index in [-0.39, 0.29) is 0 Å². The second-order valence-corrected chi connectivity index (χ2v) is 6.80. The molecule has 0 saturated carbocycles. The first-order valence-electron chi connectivity index (χ1n) is 9.96. The van der Waals surface area contributed by atoms with Gasteiger partial charge in [0.05, 0.1) is 5.97 Å². The van der Waals surface area contributed by atoms with Crippen LogP contribution in [0, 0.1) is 0 Å². The van der Waals surface area contributed by atoms with Crippen LogP contribution >= 0.6 is 0 Å². The van der Waals surface area contributed by atoms with Crippen LogP contribution in [0.2, 0.25) is 0 Å². The van der Waals surface area contributed by atoms with Gasteiger partial charge in [0.25, 0.3) is 0 Å². The number of carbonyl (C=O) groups is 2. The molecule has 0 heterocycles. The lowest BCUT2D eigenvalue weighted by atomic mass is 10.0. The van der Waals surface area contributed by atoms with Gasteiger partial charge in [0.1, 0.15) is 6.10 Å². The highest BCUT2D eigenvalue weighted by atomic mass is 16.6. The second-order valence-electron chi connectivity index (χ2n) is 6.80. The van der Waals surface area contributed by atoms with E-state index in [2.05, 4.69) is 6.92 Å². The maximum atomic E-state index is 10.8. The van der Waals surface area contributed by atoms with E-state index in [4.69, 9.17) is 4.74 Å². The quantitative estimate of drug-likeness (QED) is 0.288. The SMILES string of the molecule is CCCCCCCCCCCCCCCCC(OC(C)=O)C(=O)[O-]. The molecule has 1 unspecified atom stereocenters. The van der Waals surface area contributed by atoms with E-state index in [1.807, 2.05) is 0 Å². The molecule has 142 valence electrons. The number of unbranched alkanes of at least 4 members (excludes halogenated alkanes) is 13. The van der Waals surface area contributed by atoms with Gasteiger partial charge in [-0.05, 0) is 12.8 Å². The minimum Gasteiger partial charge on any atom is -0.546 e. The molecule has 0 saturated heterocycles. The molecule has 0 radical (unpaired) electrons. The Labute approximate surface area is 148 Å². The van der Waals surface area contributed by atoms with Gasteiger partial charge in [0.15, 0.2) is 0 Å². The molecule has 0 aromatic carbocycles. The van der Waals surface area contributed by atoms with E-state index < -0.39 is 18.0 Å². The van der Waals surface area contributed by atoms with E-state index in [0.29, 0.717) is 6.42 Å². The summed E-state index contributed by atoms with van der Waals surface area (Å²) in [5.74, 6) is -1.85. The highest BCUT2D eigenvalue weighted by Gasteiger charge is 2.12. The van der Waals surface area contributed by atoms with E-state index in [1.165, 1.54) is 77.6 Å². The molecule has 0 aliphatic rings. The minimum absolute atomic E-state index is 0.361. The first-order chi connectivity index (χ1) is 11.6. The van der Waals surface area contributed by atoms with Crippen LogP contribution in [0.1, 0.15) is 110 Å². The smallest absolute Gasteiger partial charge is 0.303 e. The molecule has 0 bridgehead atoms. The first-order valence-corrected chi connectivity index (χ1v) is 9.96. The molecule has 0 rings (SSSR count). The minimum atomic E-state index is -1.29. The van der Waals surface area contributed by atoms with Crippen molar-refractivity contribution in [2.75, 3.05) is 0 Å². The van der Waals surface area contributed by atoms with Crippen LogP contribution < -0.4 is 5.11 Å². The van der Waals surface area contributed by atoms with Crippen molar-refractivity contribution in [3.8, 4) is 0 Å². The van der Waals surface area contributed by atoms with Crippen molar-refractivity contribution in [2.24, 2.45) is 0 Å². The summed E-state index contributed by atoms with van der Waals surface area (Å²) in [6.07, 6.45) is 16.9. The van der Waals surface area contributed by atoms with Crippen molar-refractivity contribution >= 4 is 11.9 Å². The largest absolute Gasteiger partial charge is 0.546 e. The predicted octanol–water partition coefficient (Wildman–Crippen LogP) is 4.54. The second kappa shape index (κ2) is 16.8. The average molecular weight is 342 g/mol. The number of carbonyl (C=O) groups excluding carboxylic acids is 2. The number of carboxylic acid groups (broad SMARTS) is 1. The normalized spacial score (nSPS) is 12.1. The fourth-order valence-electron chi connectivity index (χ4n) is 2.95. The van der Waals surface area contributed by atoms with Crippen molar-refractivity contribution in [3.05, 3.63) is 0 Å². The number of rotatable bonds is 17. The summed E-state index contributed by atoms with van der Waals surface area (Å²) in [5, 5.41) is 10.8. The molecule has 4 nitrogen and oxygen atoms in total. The Morgan fingerprint density at radius 3 is 1.46 bits per heavy atom. The van der Waals surface area contributed by atoms with Gasteiger partial charge in [0, 0.05) is 6.92 Å². The Kier molecular flexibility index (Phi) is 16.0. The molecule has 0 spiro atoms. The Balaban J connectivity index is 3.30. The van der Waals surface area contributed by atoms with Gasteiger partial charge in [-0.2, -0.15) is 0 Å². The van der Waals surface area contributed by atoms with Gasteiger partial charge in [-0.15, -0.1) is 0 Å². The molecule has 0 amide bonds.